The zero-order valence-corrected chi connectivity index (χ0v) is 29.8. The van der Waals surface area contributed by atoms with Crippen LogP contribution < -0.4 is 15.4 Å². The van der Waals surface area contributed by atoms with Crippen molar-refractivity contribution in [2.24, 2.45) is 0 Å². The Bertz CT molecular complexity index is 2020. The van der Waals surface area contributed by atoms with Gasteiger partial charge in [-0.25, -0.2) is 4.39 Å². The normalized spacial score (nSPS) is 21.6. The molecule has 11 nitrogen and oxygen atoms in total. The predicted octanol–water partition coefficient (Wildman–Crippen LogP) is 5.19. The fraction of sp³-hybridized carbons (Fsp3) is 0.514. The van der Waals surface area contributed by atoms with E-state index < -0.39 is 40.5 Å². The molecule has 2 saturated heterocycles. The molecule has 52 heavy (non-hydrogen) atoms. The number of nitrogens with two attached hydrogens (primary N) is 1. The number of nitrogen functional groups attached to an aromatic ring is 1. The molecule has 4 aliphatic heterocycles. The Kier molecular flexibility index (Phi) is 9.19. The van der Waals surface area contributed by atoms with Gasteiger partial charge in [-0.3, -0.25) is 14.4 Å². The number of nitrogens with zero attached hydrogens (tertiary/aromatic N) is 7. The molecule has 7 rings (SSSR count). The summed E-state index contributed by atoms with van der Waals surface area (Å²) < 4.78 is 73.9. The number of benzene rings is 1. The molecule has 0 aliphatic carbocycles. The number of carbonyl (C=O) groups excluding carboxylic acids is 1. The average Bonchev–Trinajstić information content (AvgIpc) is 3.66. The highest BCUT2D eigenvalue weighted by atomic mass is 19.4. The Morgan fingerprint density at radius 2 is 2.00 bits per heavy atom. The largest absolute Gasteiger partial charge is 0.461 e. The van der Waals surface area contributed by atoms with E-state index in [1.54, 1.807) is 14.1 Å². The number of rotatable bonds is 6. The second-order valence-corrected chi connectivity index (χ2v) is 14.3. The fourth-order valence-electron chi connectivity index (χ4n) is 8.17. The number of aryl methyl sites for hydroxylation is 1. The van der Waals surface area contributed by atoms with Gasteiger partial charge in [-0.15, -0.1) is 5.92 Å². The van der Waals surface area contributed by atoms with Gasteiger partial charge in [0.15, 0.2) is 11.5 Å². The highest BCUT2D eigenvalue weighted by Crippen LogP contribution is 2.45. The first-order chi connectivity index (χ1) is 24.7. The molecule has 4 aliphatic rings. The van der Waals surface area contributed by atoms with Crippen LogP contribution in [0.2, 0.25) is 0 Å². The molecule has 3 aromatic rings. The van der Waals surface area contributed by atoms with Crippen LogP contribution >= 0.6 is 0 Å². The van der Waals surface area contributed by atoms with Gasteiger partial charge < -0.3 is 25.0 Å². The van der Waals surface area contributed by atoms with Crippen molar-refractivity contribution in [1.82, 2.24) is 29.5 Å². The van der Waals surface area contributed by atoms with Crippen molar-refractivity contribution in [1.29, 1.82) is 0 Å². The summed E-state index contributed by atoms with van der Waals surface area (Å²) >= 11 is 0. The summed E-state index contributed by atoms with van der Waals surface area (Å²) in [5.74, 6) is 4.03. The molecule has 1 amide bonds. The standard InChI is InChI=1S/C37H42F4N8O3/c1-6-9-23-14-25(42)31(38)29(30(23)37(39,40)41)28-15-26-24(19-51-28)33(44-35(43-26)52-20-36-10-7-12-48(36)17-21(2)16-36)47-11-8-13-49-27(18-47)22(3)32(45-49)34(50)46(4)5/h14,28H,2,7-8,10-13,15-20,42H2,1,3-5H3/t28-,36-/m1/s1. The topological polar surface area (TPSA) is 115 Å². The number of aromatic nitrogens is 4. The summed E-state index contributed by atoms with van der Waals surface area (Å²) in [6, 6.07) is 0.987. The van der Waals surface area contributed by atoms with Crippen molar-refractivity contribution < 1.29 is 31.8 Å². The fourth-order valence-corrected chi connectivity index (χ4v) is 8.17. The van der Waals surface area contributed by atoms with Gasteiger partial charge in [0.1, 0.15) is 12.4 Å². The quantitative estimate of drug-likeness (QED) is 0.159. The SMILES string of the molecule is C=C1CN2CCC[C@]2(COc2nc3c(c(N4CCCn5nc(C(=O)N(C)C)c(C)c5C4)n2)CO[C@@H](c2c(F)c(N)cc(C#CC)c2C(F)(F)F)C3)C1. The molecule has 2 aromatic heterocycles. The van der Waals surface area contributed by atoms with Gasteiger partial charge in [0.05, 0.1) is 47.4 Å². The average molecular weight is 723 g/mol. The number of alkyl halides is 3. The Balaban J connectivity index is 1.30. The molecular formula is C37H42F4N8O3. The van der Waals surface area contributed by atoms with Crippen LogP contribution in [0.25, 0.3) is 0 Å². The van der Waals surface area contributed by atoms with E-state index in [0.717, 1.165) is 55.2 Å². The van der Waals surface area contributed by atoms with Gasteiger partial charge in [-0.1, -0.05) is 18.1 Å². The minimum atomic E-state index is -4.94. The monoisotopic (exact) mass is 722 g/mol. The van der Waals surface area contributed by atoms with Gasteiger partial charge in [0, 0.05) is 62.4 Å². The number of anilines is 2. The summed E-state index contributed by atoms with van der Waals surface area (Å²) in [7, 11) is 3.36. The molecular weight excluding hydrogens is 680 g/mol. The third-order valence-corrected chi connectivity index (χ3v) is 10.6. The molecule has 6 heterocycles. The molecule has 0 unspecified atom stereocenters. The lowest BCUT2D eigenvalue weighted by atomic mass is 9.90. The van der Waals surface area contributed by atoms with E-state index in [-0.39, 0.29) is 30.5 Å². The number of hydrogen-bond acceptors (Lipinski definition) is 9. The molecule has 0 saturated carbocycles. The zero-order valence-electron chi connectivity index (χ0n) is 29.8. The number of halogens is 4. The van der Waals surface area contributed by atoms with Gasteiger partial charge in [0.25, 0.3) is 5.91 Å². The van der Waals surface area contributed by atoms with E-state index in [2.05, 4.69) is 28.4 Å². The van der Waals surface area contributed by atoms with Crippen LogP contribution in [0.15, 0.2) is 18.2 Å². The van der Waals surface area contributed by atoms with E-state index in [1.807, 2.05) is 16.5 Å². The van der Waals surface area contributed by atoms with Crippen molar-refractivity contribution in [2.75, 3.05) is 51.0 Å². The minimum Gasteiger partial charge on any atom is -0.461 e. The summed E-state index contributed by atoms with van der Waals surface area (Å²) in [6.45, 7) is 10.8. The van der Waals surface area contributed by atoms with E-state index in [4.69, 9.17) is 25.2 Å². The van der Waals surface area contributed by atoms with Gasteiger partial charge in [-0.2, -0.15) is 28.2 Å². The molecule has 2 N–H and O–H groups in total. The minimum absolute atomic E-state index is 0.0766. The third kappa shape index (κ3) is 6.25. The molecule has 0 bridgehead atoms. The Morgan fingerprint density at radius 3 is 2.73 bits per heavy atom. The maximum Gasteiger partial charge on any atom is 0.418 e. The summed E-state index contributed by atoms with van der Waals surface area (Å²) in [5, 5.41) is 4.64. The van der Waals surface area contributed by atoms with Crippen LogP contribution in [0.4, 0.5) is 29.1 Å². The van der Waals surface area contributed by atoms with Crippen LogP contribution in [-0.4, -0.2) is 81.3 Å². The van der Waals surface area contributed by atoms with Crippen molar-refractivity contribution in [3.8, 4) is 17.9 Å². The number of ether oxygens (including phenoxy) is 2. The summed E-state index contributed by atoms with van der Waals surface area (Å²) in [6.07, 6.45) is -3.06. The van der Waals surface area contributed by atoms with Crippen molar-refractivity contribution in [2.45, 2.75) is 83.5 Å². The molecule has 0 radical (unpaired) electrons. The van der Waals surface area contributed by atoms with Crippen LogP contribution in [0.3, 0.4) is 0 Å². The van der Waals surface area contributed by atoms with Gasteiger partial charge >= 0.3 is 12.2 Å². The Morgan fingerprint density at radius 1 is 1.21 bits per heavy atom. The van der Waals surface area contributed by atoms with Crippen LogP contribution in [-0.2, 0) is 37.0 Å². The molecule has 2 atom stereocenters. The van der Waals surface area contributed by atoms with Crippen molar-refractivity contribution >= 4 is 17.4 Å². The highest BCUT2D eigenvalue weighted by Gasteiger charge is 2.47. The lowest BCUT2D eigenvalue weighted by molar-refractivity contribution is -0.140. The maximum absolute atomic E-state index is 15.7. The molecule has 2 fully saturated rings. The van der Waals surface area contributed by atoms with Crippen LogP contribution in [0, 0.1) is 24.6 Å². The van der Waals surface area contributed by atoms with Crippen molar-refractivity contribution in [3.63, 3.8) is 0 Å². The number of fused-ring (bicyclic) bond motifs is 3. The van der Waals surface area contributed by atoms with Crippen LogP contribution in [0.1, 0.15) is 88.4 Å². The summed E-state index contributed by atoms with van der Waals surface area (Å²) in [4.78, 5) is 28.5. The zero-order chi connectivity index (χ0) is 37.1. The van der Waals surface area contributed by atoms with E-state index in [1.165, 1.54) is 11.8 Å². The predicted molar refractivity (Wildman–Crippen MR) is 185 cm³/mol. The summed E-state index contributed by atoms with van der Waals surface area (Å²) in [5.41, 5.74) is 6.96. The van der Waals surface area contributed by atoms with Crippen LogP contribution in [0.5, 0.6) is 6.01 Å². The molecule has 15 heteroatoms. The molecule has 1 aromatic carbocycles. The first kappa shape index (κ1) is 35.7. The Labute approximate surface area is 299 Å². The van der Waals surface area contributed by atoms with E-state index >= 15 is 4.39 Å². The molecule has 0 spiro atoms. The van der Waals surface area contributed by atoms with Gasteiger partial charge in [-0.05, 0) is 52.1 Å². The smallest absolute Gasteiger partial charge is 0.418 e. The van der Waals surface area contributed by atoms with Crippen molar-refractivity contribution in [3.05, 3.63) is 68.9 Å². The number of carbonyl (C=O) groups is 1. The Hall–Kier alpha value is -4.68. The first-order valence-electron chi connectivity index (χ1n) is 17.4. The highest BCUT2D eigenvalue weighted by molar-refractivity contribution is 5.93. The second-order valence-electron chi connectivity index (χ2n) is 14.3. The first-order valence-corrected chi connectivity index (χ1v) is 17.4. The van der Waals surface area contributed by atoms with E-state index in [9.17, 15) is 18.0 Å². The van der Waals surface area contributed by atoms with E-state index in [0.29, 0.717) is 55.4 Å². The number of amides is 1. The lowest BCUT2D eigenvalue weighted by Crippen LogP contribution is -2.43. The lowest BCUT2D eigenvalue weighted by Gasteiger charge is -2.33. The molecule has 276 valence electrons. The second kappa shape index (κ2) is 13.4. The number of hydrogen-bond donors (Lipinski definition) is 1. The maximum atomic E-state index is 15.7. The van der Waals surface area contributed by atoms with Gasteiger partial charge in [0.2, 0.25) is 0 Å². The third-order valence-electron chi connectivity index (χ3n) is 10.6.